The fourth-order valence-corrected chi connectivity index (χ4v) is 1.43. The minimum Gasteiger partial charge on any atom is -0.465 e. The lowest BCUT2D eigenvalue weighted by Crippen LogP contribution is -2.23. The zero-order valence-electron chi connectivity index (χ0n) is 10.5. The van der Waals surface area contributed by atoms with Crippen LogP contribution in [0.3, 0.4) is 0 Å². The van der Waals surface area contributed by atoms with Crippen molar-refractivity contribution in [3.8, 4) is 0 Å². The number of rotatable bonds is 6. The maximum absolute atomic E-state index is 11.3. The first-order valence-corrected chi connectivity index (χ1v) is 5.73. The Morgan fingerprint density at radius 1 is 1.41 bits per heavy atom. The van der Waals surface area contributed by atoms with E-state index >= 15 is 0 Å². The summed E-state index contributed by atoms with van der Waals surface area (Å²) in [7, 11) is 0. The fourth-order valence-electron chi connectivity index (χ4n) is 1.43. The summed E-state index contributed by atoms with van der Waals surface area (Å²) in [5.74, 6) is 0.395. The summed E-state index contributed by atoms with van der Waals surface area (Å²) in [6.07, 6.45) is 0. The third kappa shape index (κ3) is 3.33. The van der Waals surface area contributed by atoms with Gasteiger partial charge < -0.3 is 15.4 Å². The molecule has 0 aliphatic rings. The van der Waals surface area contributed by atoms with E-state index in [1.54, 1.807) is 6.92 Å². The number of nitrogens with zero attached hydrogens (tertiary/aromatic N) is 4. The van der Waals surface area contributed by atoms with Gasteiger partial charge in [0.15, 0.2) is 0 Å². The molecule has 17 heavy (non-hydrogen) atoms. The van der Waals surface area contributed by atoms with Crippen molar-refractivity contribution in [2.24, 2.45) is 0 Å². The second-order valence-electron chi connectivity index (χ2n) is 3.40. The summed E-state index contributed by atoms with van der Waals surface area (Å²) < 4.78 is 6.18. The van der Waals surface area contributed by atoms with Gasteiger partial charge in [-0.1, -0.05) is 0 Å². The Bertz CT molecular complexity index is 373. The van der Waals surface area contributed by atoms with Crippen LogP contribution in [0.25, 0.3) is 0 Å². The normalized spacial score (nSPS) is 10.3. The summed E-state index contributed by atoms with van der Waals surface area (Å²) in [6.45, 7) is 7.68. The Morgan fingerprint density at radius 3 is 2.59 bits per heavy atom. The fraction of sp³-hybridized carbons (Fsp3) is 0.700. The van der Waals surface area contributed by atoms with Crippen molar-refractivity contribution in [2.45, 2.75) is 27.3 Å². The van der Waals surface area contributed by atoms with Crippen molar-refractivity contribution in [2.75, 3.05) is 30.3 Å². The number of aromatic nitrogens is 3. The summed E-state index contributed by atoms with van der Waals surface area (Å²) >= 11 is 0. The number of hydrogen-bond acceptors (Lipinski definition) is 6. The van der Waals surface area contributed by atoms with E-state index in [9.17, 15) is 4.79 Å². The minimum atomic E-state index is -0.366. The van der Waals surface area contributed by atoms with Crippen LogP contribution in [0.1, 0.15) is 20.8 Å². The van der Waals surface area contributed by atoms with Gasteiger partial charge in [-0.3, -0.25) is 4.79 Å². The van der Waals surface area contributed by atoms with E-state index in [1.807, 2.05) is 18.7 Å². The average molecular weight is 241 g/mol. The standard InChI is InChI=1S/C10H19N5O2/c1-4-14(5-2)10-12-9(11)15(13-10)7-8(16)17-6-3/h4-7H2,1-3H3,(H2,11,12,13). The molecular weight excluding hydrogens is 222 g/mol. The van der Waals surface area contributed by atoms with Gasteiger partial charge in [-0.15, -0.1) is 5.10 Å². The van der Waals surface area contributed by atoms with E-state index in [0.717, 1.165) is 13.1 Å². The molecule has 1 aromatic heterocycles. The minimum absolute atomic E-state index is 0.00601. The van der Waals surface area contributed by atoms with Crippen molar-refractivity contribution >= 4 is 17.9 Å². The highest BCUT2D eigenvalue weighted by molar-refractivity contribution is 5.69. The van der Waals surface area contributed by atoms with Crippen molar-refractivity contribution in [3.63, 3.8) is 0 Å². The van der Waals surface area contributed by atoms with Crippen molar-refractivity contribution in [3.05, 3.63) is 0 Å². The Labute approximate surface area is 101 Å². The first kappa shape index (κ1) is 13.3. The van der Waals surface area contributed by atoms with Gasteiger partial charge in [-0.2, -0.15) is 4.98 Å². The first-order chi connectivity index (χ1) is 8.12. The monoisotopic (exact) mass is 241 g/mol. The number of carbonyl (C=O) groups excluding carboxylic acids is 1. The first-order valence-electron chi connectivity index (χ1n) is 5.73. The lowest BCUT2D eigenvalue weighted by Gasteiger charge is -2.15. The van der Waals surface area contributed by atoms with Crippen LogP contribution in [0.5, 0.6) is 0 Å². The Morgan fingerprint density at radius 2 is 2.06 bits per heavy atom. The van der Waals surface area contributed by atoms with E-state index in [0.29, 0.717) is 12.6 Å². The molecule has 0 aliphatic carbocycles. The maximum Gasteiger partial charge on any atom is 0.327 e. The van der Waals surface area contributed by atoms with Gasteiger partial charge in [0.1, 0.15) is 6.54 Å². The number of ether oxygens (including phenoxy) is 1. The smallest absolute Gasteiger partial charge is 0.327 e. The lowest BCUT2D eigenvalue weighted by atomic mass is 10.5. The second kappa shape index (κ2) is 6.07. The van der Waals surface area contributed by atoms with Gasteiger partial charge >= 0.3 is 5.97 Å². The number of hydrogen-bond donors (Lipinski definition) is 1. The summed E-state index contributed by atoms with van der Waals surface area (Å²) in [6, 6.07) is 0. The van der Waals surface area contributed by atoms with Crippen LogP contribution in [0.2, 0.25) is 0 Å². The molecule has 0 unspecified atom stereocenters. The van der Waals surface area contributed by atoms with E-state index < -0.39 is 0 Å². The molecule has 1 heterocycles. The molecule has 0 amide bonds. The number of esters is 1. The number of anilines is 2. The number of carbonyl (C=O) groups is 1. The molecule has 0 saturated carbocycles. The predicted molar refractivity (Wildman–Crippen MR) is 64.6 cm³/mol. The highest BCUT2D eigenvalue weighted by Crippen LogP contribution is 2.10. The van der Waals surface area contributed by atoms with E-state index in [-0.39, 0.29) is 18.5 Å². The van der Waals surface area contributed by atoms with Gasteiger partial charge in [0.05, 0.1) is 6.61 Å². The van der Waals surface area contributed by atoms with Crippen molar-refractivity contribution in [1.82, 2.24) is 14.8 Å². The molecule has 1 rings (SSSR count). The zero-order valence-corrected chi connectivity index (χ0v) is 10.5. The maximum atomic E-state index is 11.3. The van der Waals surface area contributed by atoms with Gasteiger partial charge in [0.2, 0.25) is 11.9 Å². The Hall–Kier alpha value is -1.79. The van der Waals surface area contributed by atoms with Gasteiger partial charge in [-0.25, -0.2) is 4.68 Å². The van der Waals surface area contributed by atoms with E-state index in [2.05, 4.69) is 10.1 Å². The van der Waals surface area contributed by atoms with Crippen LogP contribution < -0.4 is 10.6 Å². The van der Waals surface area contributed by atoms with Gasteiger partial charge in [-0.05, 0) is 20.8 Å². The molecule has 0 aromatic carbocycles. The molecule has 0 radical (unpaired) electrons. The third-order valence-corrected chi connectivity index (χ3v) is 2.32. The predicted octanol–water partition coefficient (Wildman–Crippen LogP) is 0.270. The van der Waals surface area contributed by atoms with Gasteiger partial charge in [0, 0.05) is 13.1 Å². The van der Waals surface area contributed by atoms with Crippen LogP contribution in [0.4, 0.5) is 11.9 Å². The molecule has 1 aromatic rings. The summed E-state index contributed by atoms with van der Waals surface area (Å²) in [5.41, 5.74) is 5.69. The Kier molecular flexibility index (Phi) is 4.74. The number of nitrogen functional groups attached to an aromatic ring is 1. The summed E-state index contributed by atoms with van der Waals surface area (Å²) in [4.78, 5) is 17.4. The molecule has 0 spiro atoms. The Balaban J connectivity index is 2.77. The van der Waals surface area contributed by atoms with Crippen LogP contribution in [-0.4, -0.2) is 40.4 Å². The molecule has 0 fully saturated rings. The molecule has 0 atom stereocenters. The van der Waals surface area contributed by atoms with E-state index in [4.69, 9.17) is 10.5 Å². The quantitative estimate of drug-likeness (QED) is 0.719. The van der Waals surface area contributed by atoms with Crippen LogP contribution >= 0.6 is 0 Å². The second-order valence-corrected chi connectivity index (χ2v) is 3.40. The molecule has 96 valence electrons. The highest BCUT2D eigenvalue weighted by Gasteiger charge is 2.14. The molecule has 7 heteroatoms. The molecule has 0 saturated heterocycles. The zero-order chi connectivity index (χ0) is 12.8. The van der Waals surface area contributed by atoms with Crippen molar-refractivity contribution < 1.29 is 9.53 Å². The molecule has 7 nitrogen and oxygen atoms in total. The lowest BCUT2D eigenvalue weighted by molar-refractivity contribution is -0.144. The highest BCUT2D eigenvalue weighted by atomic mass is 16.5. The van der Waals surface area contributed by atoms with Crippen molar-refractivity contribution in [1.29, 1.82) is 0 Å². The molecule has 0 bridgehead atoms. The van der Waals surface area contributed by atoms with Crippen LogP contribution in [-0.2, 0) is 16.1 Å². The number of nitrogens with two attached hydrogens (primary N) is 1. The summed E-state index contributed by atoms with van der Waals surface area (Å²) in [5, 5.41) is 4.18. The largest absolute Gasteiger partial charge is 0.465 e. The average Bonchev–Trinajstić information content (AvgIpc) is 2.62. The van der Waals surface area contributed by atoms with E-state index in [1.165, 1.54) is 4.68 Å². The topological polar surface area (TPSA) is 86.3 Å². The third-order valence-electron chi connectivity index (χ3n) is 2.32. The van der Waals surface area contributed by atoms with Crippen LogP contribution in [0, 0.1) is 0 Å². The molecular formula is C10H19N5O2. The molecule has 2 N–H and O–H groups in total. The molecule has 0 aliphatic heterocycles. The van der Waals surface area contributed by atoms with Gasteiger partial charge in [0.25, 0.3) is 0 Å². The SMILES string of the molecule is CCOC(=O)Cn1nc(N(CC)CC)nc1N. The van der Waals surface area contributed by atoms with Crippen LogP contribution in [0.15, 0.2) is 0 Å².